The summed E-state index contributed by atoms with van der Waals surface area (Å²) in [7, 11) is 0. The van der Waals surface area contributed by atoms with Crippen LogP contribution in [0, 0.1) is 0 Å². The molecule has 0 saturated heterocycles. The molecule has 12 rings (SSSR count). The molecule has 3 nitrogen and oxygen atoms in total. The van der Waals surface area contributed by atoms with Crippen LogP contribution >= 0.6 is 11.3 Å². The fourth-order valence-corrected chi connectivity index (χ4v) is 10.5. The first-order chi connectivity index (χ1) is 27.8. The highest BCUT2D eigenvalue weighted by atomic mass is 32.1. The molecule has 2 aliphatic rings. The van der Waals surface area contributed by atoms with Gasteiger partial charge in [0, 0.05) is 36.9 Å². The summed E-state index contributed by atoms with van der Waals surface area (Å²) >= 11 is 1.81. The predicted molar refractivity (Wildman–Crippen MR) is 231 cm³/mol. The molecular formula is C52H31N3S. The molecule has 0 bridgehead atoms. The molecule has 2 aromatic heterocycles. The minimum atomic E-state index is -0.345. The standard InChI is InChI=1S/C52H31N3S/c1-3-14-32(15-4-1)49-53-50(33-16-5-2-6-17-33)55-51(54-49)39-21-13-25-47-48(39)41-31-35(27-29-46(41)56-47)34-26-28-45-40(30-34)38-20-9-12-24-44(38)52(45)42-22-10-7-18-36(42)37-19-8-11-23-43(37)52/h1-31H. The van der Waals surface area contributed by atoms with Gasteiger partial charge in [0.25, 0.3) is 0 Å². The minimum Gasteiger partial charge on any atom is -0.208 e. The van der Waals surface area contributed by atoms with Crippen molar-refractivity contribution >= 4 is 31.5 Å². The number of hydrogen-bond acceptors (Lipinski definition) is 4. The summed E-state index contributed by atoms with van der Waals surface area (Å²) in [6.45, 7) is 0. The molecule has 0 atom stereocenters. The molecule has 260 valence electrons. The van der Waals surface area contributed by atoms with E-state index >= 15 is 0 Å². The van der Waals surface area contributed by atoms with Crippen molar-refractivity contribution in [1.29, 1.82) is 0 Å². The highest BCUT2D eigenvalue weighted by molar-refractivity contribution is 7.26. The van der Waals surface area contributed by atoms with E-state index in [0.717, 1.165) is 16.7 Å². The Bertz CT molecular complexity index is 3100. The zero-order valence-electron chi connectivity index (χ0n) is 30.1. The van der Waals surface area contributed by atoms with Gasteiger partial charge in [-0.2, -0.15) is 0 Å². The van der Waals surface area contributed by atoms with Crippen molar-refractivity contribution in [3.8, 4) is 67.5 Å². The topological polar surface area (TPSA) is 38.7 Å². The fraction of sp³-hybridized carbons (Fsp3) is 0.0192. The Morgan fingerprint density at radius 2 is 0.804 bits per heavy atom. The van der Waals surface area contributed by atoms with Gasteiger partial charge >= 0.3 is 0 Å². The number of aromatic nitrogens is 3. The lowest BCUT2D eigenvalue weighted by Crippen LogP contribution is -2.25. The van der Waals surface area contributed by atoms with Crippen LogP contribution in [-0.2, 0) is 5.41 Å². The number of fused-ring (bicyclic) bond motifs is 13. The van der Waals surface area contributed by atoms with Gasteiger partial charge in [0.1, 0.15) is 0 Å². The van der Waals surface area contributed by atoms with Gasteiger partial charge in [-0.05, 0) is 79.9 Å². The summed E-state index contributed by atoms with van der Waals surface area (Å²) in [6.07, 6.45) is 0. The molecule has 10 aromatic rings. The zero-order valence-corrected chi connectivity index (χ0v) is 31.0. The van der Waals surface area contributed by atoms with Crippen molar-refractivity contribution in [1.82, 2.24) is 15.0 Å². The lowest BCUT2D eigenvalue weighted by molar-refractivity contribution is 0.794. The smallest absolute Gasteiger partial charge is 0.164 e. The Morgan fingerprint density at radius 1 is 0.321 bits per heavy atom. The Balaban J connectivity index is 1.04. The van der Waals surface area contributed by atoms with Crippen molar-refractivity contribution in [3.63, 3.8) is 0 Å². The largest absolute Gasteiger partial charge is 0.208 e. The SMILES string of the molecule is c1ccc(-c2nc(-c3ccccc3)nc(-c3cccc4sc5ccc(-c6ccc7c(c6)-c6ccccc6C76c7ccccc7-c7ccccc76)cc5c34)n2)cc1. The first-order valence-corrected chi connectivity index (χ1v) is 19.8. The molecule has 8 aromatic carbocycles. The fourth-order valence-electron chi connectivity index (χ4n) is 9.40. The quantitative estimate of drug-likeness (QED) is 0.181. The van der Waals surface area contributed by atoms with E-state index in [1.807, 2.05) is 47.7 Å². The number of nitrogens with zero attached hydrogens (tertiary/aromatic N) is 3. The van der Waals surface area contributed by atoms with Gasteiger partial charge in [-0.15, -0.1) is 11.3 Å². The second kappa shape index (κ2) is 12.0. The summed E-state index contributed by atoms with van der Waals surface area (Å²) in [4.78, 5) is 15.2. The molecule has 2 heterocycles. The third-order valence-corrected chi connectivity index (χ3v) is 12.9. The average Bonchev–Trinajstić information content (AvgIpc) is 3.90. The normalized spacial score (nSPS) is 13.1. The van der Waals surface area contributed by atoms with Crippen LogP contribution in [0.25, 0.3) is 87.7 Å². The van der Waals surface area contributed by atoms with Gasteiger partial charge < -0.3 is 0 Å². The van der Waals surface area contributed by atoms with E-state index in [1.165, 1.54) is 75.8 Å². The molecular weight excluding hydrogens is 699 g/mol. The minimum absolute atomic E-state index is 0.345. The summed E-state index contributed by atoms with van der Waals surface area (Å²) in [5.74, 6) is 2.00. The summed E-state index contributed by atoms with van der Waals surface area (Å²) in [5.41, 5.74) is 15.7. The Morgan fingerprint density at radius 3 is 1.43 bits per heavy atom. The lowest BCUT2D eigenvalue weighted by atomic mass is 9.70. The van der Waals surface area contributed by atoms with Crippen LogP contribution in [0.3, 0.4) is 0 Å². The van der Waals surface area contributed by atoms with Gasteiger partial charge in [0.05, 0.1) is 5.41 Å². The van der Waals surface area contributed by atoms with E-state index in [2.05, 4.69) is 152 Å². The lowest BCUT2D eigenvalue weighted by Gasteiger charge is -2.30. The van der Waals surface area contributed by atoms with Gasteiger partial charge in [-0.3, -0.25) is 0 Å². The molecule has 0 saturated carbocycles. The van der Waals surface area contributed by atoms with Crippen LogP contribution in [0.2, 0.25) is 0 Å². The van der Waals surface area contributed by atoms with E-state index in [9.17, 15) is 0 Å². The summed E-state index contributed by atoms with van der Waals surface area (Å²) in [5, 5.41) is 2.38. The molecule has 0 aliphatic heterocycles. The highest BCUT2D eigenvalue weighted by Crippen LogP contribution is 2.63. The van der Waals surface area contributed by atoms with Crippen molar-refractivity contribution in [2.75, 3.05) is 0 Å². The van der Waals surface area contributed by atoms with Crippen LogP contribution in [0.5, 0.6) is 0 Å². The first kappa shape index (κ1) is 31.4. The van der Waals surface area contributed by atoms with E-state index in [1.54, 1.807) is 0 Å². The summed E-state index contributed by atoms with van der Waals surface area (Å²) in [6, 6.07) is 67.9. The van der Waals surface area contributed by atoms with Crippen LogP contribution in [0.4, 0.5) is 0 Å². The van der Waals surface area contributed by atoms with E-state index < -0.39 is 0 Å². The van der Waals surface area contributed by atoms with Crippen molar-refractivity contribution in [3.05, 3.63) is 210 Å². The molecule has 4 heteroatoms. The number of thiophene rings is 1. The van der Waals surface area contributed by atoms with E-state index in [4.69, 9.17) is 15.0 Å². The number of rotatable bonds is 4. The van der Waals surface area contributed by atoms with Crippen LogP contribution in [0.1, 0.15) is 22.3 Å². The second-order valence-electron chi connectivity index (χ2n) is 14.7. The third kappa shape index (κ3) is 4.42. The maximum atomic E-state index is 5.13. The van der Waals surface area contributed by atoms with Crippen LogP contribution in [0.15, 0.2) is 188 Å². The monoisotopic (exact) mass is 729 g/mol. The van der Waals surface area contributed by atoms with Gasteiger partial charge in [-0.25, -0.2) is 15.0 Å². The molecule has 0 amide bonds. The van der Waals surface area contributed by atoms with Gasteiger partial charge in [0.2, 0.25) is 0 Å². The van der Waals surface area contributed by atoms with Crippen LogP contribution in [-0.4, -0.2) is 15.0 Å². The highest BCUT2D eigenvalue weighted by Gasteiger charge is 2.51. The van der Waals surface area contributed by atoms with Gasteiger partial charge in [0.15, 0.2) is 17.5 Å². The maximum absolute atomic E-state index is 5.13. The molecule has 56 heavy (non-hydrogen) atoms. The molecule has 0 unspecified atom stereocenters. The molecule has 0 N–H and O–H groups in total. The van der Waals surface area contributed by atoms with Gasteiger partial charge in [-0.1, -0.05) is 164 Å². The zero-order chi connectivity index (χ0) is 36.8. The Labute approximate surface area is 328 Å². The van der Waals surface area contributed by atoms with E-state index in [-0.39, 0.29) is 5.41 Å². The molecule has 0 radical (unpaired) electrons. The number of hydrogen-bond donors (Lipinski definition) is 0. The third-order valence-electron chi connectivity index (χ3n) is 11.8. The molecule has 1 spiro atoms. The average molecular weight is 730 g/mol. The number of benzene rings is 8. The second-order valence-corrected chi connectivity index (χ2v) is 15.8. The van der Waals surface area contributed by atoms with Crippen molar-refractivity contribution in [2.24, 2.45) is 0 Å². The molecule has 0 fully saturated rings. The Hall–Kier alpha value is -7.01. The maximum Gasteiger partial charge on any atom is 0.164 e. The first-order valence-electron chi connectivity index (χ1n) is 19.0. The van der Waals surface area contributed by atoms with Crippen LogP contribution < -0.4 is 0 Å². The van der Waals surface area contributed by atoms with E-state index in [0.29, 0.717) is 17.5 Å². The predicted octanol–water partition coefficient (Wildman–Crippen LogP) is 13.3. The van der Waals surface area contributed by atoms with Crippen molar-refractivity contribution in [2.45, 2.75) is 5.41 Å². The van der Waals surface area contributed by atoms with Crippen molar-refractivity contribution < 1.29 is 0 Å². The summed E-state index contributed by atoms with van der Waals surface area (Å²) < 4.78 is 2.45. The Kier molecular flexibility index (Phi) is 6.72. The molecule has 2 aliphatic carbocycles.